The van der Waals surface area contributed by atoms with Gasteiger partial charge >= 0.3 is 0 Å². The molecule has 2 aliphatic carbocycles. The number of fused-ring (bicyclic) bond motifs is 2. The molecule has 2 amide bonds. The van der Waals surface area contributed by atoms with Gasteiger partial charge in [0, 0.05) is 12.0 Å². The average Bonchev–Trinajstić information content (AvgIpc) is 3.10. The highest BCUT2D eigenvalue weighted by Gasteiger charge is 2.51. The van der Waals surface area contributed by atoms with Crippen LogP contribution in [0.2, 0.25) is 0 Å². The Morgan fingerprint density at radius 3 is 2.74 bits per heavy atom. The van der Waals surface area contributed by atoms with Crippen molar-refractivity contribution in [3.63, 3.8) is 0 Å². The van der Waals surface area contributed by atoms with Crippen molar-refractivity contribution in [2.24, 2.45) is 11.7 Å². The van der Waals surface area contributed by atoms with Gasteiger partial charge in [-0.1, -0.05) is 12.1 Å². The Labute approximate surface area is 160 Å². The van der Waals surface area contributed by atoms with Gasteiger partial charge in [-0.25, -0.2) is 9.37 Å². The summed E-state index contributed by atoms with van der Waals surface area (Å²) in [6.07, 6.45) is 4.80. The number of likely N-dealkylation sites (tertiary alicyclic amines) is 1. The smallest absolute Gasteiger partial charge is 0.274 e. The lowest BCUT2D eigenvalue weighted by Crippen LogP contribution is -2.51. The first-order chi connectivity index (χ1) is 13.0. The second-order valence-corrected chi connectivity index (χ2v) is 8.83. The molecule has 2 aromatic rings. The number of primary amides is 1. The highest BCUT2D eigenvalue weighted by atomic mass is 32.1. The lowest BCUT2D eigenvalue weighted by atomic mass is 9.97. The number of thiazole rings is 1. The Hall–Kier alpha value is -2.28. The van der Waals surface area contributed by atoms with Crippen LogP contribution in [0.4, 0.5) is 4.39 Å². The molecule has 1 saturated heterocycles. The van der Waals surface area contributed by atoms with Gasteiger partial charge in [0.25, 0.3) is 5.91 Å². The van der Waals surface area contributed by atoms with Gasteiger partial charge in [-0.05, 0) is 55.7 Å². The first-order valence-corrected chi connectivity index (χ1v) is 10.2. The molecule has 27 heavy (non-hydrogen) atoms. The number of nitrogens with zero attached hydrogens (tertiary/aromatic N) is 2. The maximum Gasteiger partial charge on any atom is 0.274 e. The Bertz CT molecular complexity index is 939. The van der Waals surface area contributed by atoms with Crippen molar-refractivity contribution in [3.8, 4) is 10.4 Å². The molecular weight excluding hydrogens is 365 g/mol. The molecule has 1 aromatic heterocycles. The van der Waals surface area contributed by atoms with Crippen molar-refractivity contribution in [2.75, 3.05) is 0 Å². The van der Waals surface area contributed by atoms with E-state index in [2.05, 4.69) is 4.98 Å². The van der Waals surface area contributed by atoms with Crippen molar-refractivity contribution in [2.45, 2.75) is 50.1 Å². The fraction of sp³-hybridized carbons (Fsp3) is 0.450. The zero-order valence-electron chi connectivity index (χ0n) is 14.7. The summed E-state index contributed by atoms with van der Waals surface area (Å²) in [5.41, 5.74) is 6.62. The summed E-state index contributed by atoms with van der Waals surface area (Å²) < 4.78 is 13.8. The van der Waals surface area contributed by atoms with E-state index in [0.717, 1.165) is 37.1 Å². The van der Waals surface area contributed by atoms with Crippen LogP contribution in [-0.2, 0) is 4.79 Å². The minimum absolute atomic E-state index is 0.0476. The monoisotopic (exact) mass is 385 g/mol. The van der Waals surface area contributed by atoms with Crippen molar-refractivity contribution in [3.05, 3.63) is 40.8 Å². The number of hydrogen-bond donors (Lipinski definition) is 1. The van der Waals surface area contributed by atoms with Crippen molar-refractivity contribution < 1.29 is 14.0 Å². The van der Waals surface area contributed by atoms with E-state index in [4.69, 9.17) is 5.73 Å². The van der Waals surface area contributed by atoms with Gasteiger partial charge in [-0.3, -0.25) is 9.59 Å². The van der Waals surface area contributed by atoms with Crippen LogP contribution in [0.5, 0.6) is 0 Å². The van der Waals surface area contributed by atoms with Gasteiger partial charge < -0.3 is 10.6 Å². The molecular formula is C20H20FN3O2S. The Balaban J connectivity index is 1.58. The summed E-state index contributed by atoms with van der Waals surface area (Å²) >= 11 is 1.47. The van der Waals surface area contributed by atoms with E-state index in [9.17, 15) is 14.0 Å². The van der Waals surface area contributed by atoms with Crippen molar-refractivity contribution in [1.29, 1.82) is 0 Å². The first-order valence-electron chi connectivity index (χ1n) is 9.41. The molecule has 2 N–H and O–H groups in total. The number of amides is 2. The van der Waals surface area contributed by atoms with Gasteiger partial charge in [-0.15, -0.1) is 11.3 Å². The summed E-state index contributed by atoms with van der Waals surface area (Å²) in [6, 6.07) is 5.75. The number of benzene rings is 1. The van der Waals surface area contributed by atoms with E-state index < -0.39 is 11.9 Å². The van der Waals surface area contributed by atoms with E-state index >= 15 is 0 Å². The van der Waals surface area contributed by atoms with Crippen molar-refractivity contribution in [1.82, 2.24) is 9.88 Å². The molecule has 3 aliphatic rings. The van der Waals surface area contributed by atoms with Gasteiger partial charge in [0.05, 0.1) is 9.88 Å². The Morgan fingerprint density at radius 2 is 2.04 bits per heavy atom. The third kappa shape index (κ3) is 2.76. The predicted octanol–water partition coefficient (Wildman–Crippen LogP) is 3.31. The molecule has 5 nitrogen and oxygen atoms in total. The van der Waals surface area contributed by atoms with Gasteiger partial charge in [0.2, 0.25) is 5.91 Å². The van der Waals surface area contributed by atoms with Crippen LogP contribution in [0.1, 0.15) is 53.5 Å². The van der Waals surface area contributed by atoms with Crippen molar-refractivity contribution >= 4 is 23.2 Å². The maximum atomic E-state index is 13.8. The summed E-state index contributed by atoms with van der Waals surface area (Å²) in [7, 11) is 0. The third-order valence-corrected chi connectivity index (χ3v) is 7.24. The summed E-state index contributed by atoms with van der Waals surface area (Å²) in [5.74, 6) is -0.488. The third-order valence-electron chi connectivity index (χ3n) is 5.97. The van der Waals surface area contributed by atoms with E-state index in [1.54, 1.807) is 17.0 Å². The van der Waals surface area contributed by atoms with E-state index in [1.807, 2.05) is 0 Å². The molecule has 140 valence electrons. The Kier molecular flexibility index (Phi) is 3.82. The number of rotatable bonds is 4. The number of nitrogens with two attached hydrogens (primary N) is 1. The van der Waals surface area contributed by atoms with Crippen LogP contribution in [0, 0.1) is 11.7 Å². The number of piperidine rings is 1. The number of halogens is 1. The lowest BCUT2D eigenvalue weighted by molar-refractivity contribution is -0.123. The molecule has 2 bridgehead atoms. The van der Waals surface area contributed by atoms with Crippen LogP contribution < -0.4 is 5.73 Å². The molecule has 2 saturated carbocycles. The zero-order chi connectivity index (χ0) is 18.7. The van der Waals surface area contributed by atoms with Crippen LogP contribution in [0.3, 0.4) is 0 Å². The van der Waals surface area contributed by atoms with Crippen LogP contribution in [0.25, 0.3) is 10.4 Å². The Morgan fingerprint density at radius 1 is 1.22 bits per heavy atom. The summed E-state index contributed by atoms with van der Waals surface area (Å²) in [5, 5.41) is 0.928. The number of carbonyl (C=O) groups excluding carboxylic acids is 2. The molecule has 3 atom stereocenters. The quantitative estimate of drug-likeness (QED) is 0.877. The lowest BCUT2D eigenvalue weighted by Gasteiger charge is -2.33. The number of aromatic nitrogens is 1. The maximum absolute atomic E-state index is 13.8. The standard InChI is InChI=1S/C20H20FN3O2S/c21-13-3-1-2-12(8-13)17-15(23-19(27-17)10-4-5-10)20(26)24-14-7-6-11(9-14)16(24)18(22)25/h1-3,8,10-11,14,16H,4-7,9H2,(H2,22,25)/t11-,14+,16+/m0/s1. The molecule has 2 heterocycles. The highest BCUT2D eigenvalue weighted by molar-refractivity contribution is 7.15. The van der Waals surface area contributed by atoms with E-state index in [1.165, 1.54) is 23.5 Å². The summed E-state index contributed by atoms with van der Waals surface area (Å²) in [4.78, 5) is 32.5. The topological polar surface area (TPSA) is 76.3 Å². The predicted molar refractivity (Wildman–Crippen MR) is 99.8 cm³/mol. The van der Waals surface area contributed by atoms with Gasteiger partial charge in [0.15, 0.2) is 0 Å². The number of carbonyl (C=O) groups is 2. The first kappa shape index (κ1) is 16.9. The fourth-order valence-corrected chi connectivity index (χ4v) is 5.80. The van der Waals surface area contributed by atoms with Gasteiger partial charge in [0.1, 0.15) is 17.6 Å². The largest absolute Gasteiger partial charge is 0.368 e. The van der Waals surface area contributed by atoms with Gasteiger partial charge in [-0.2, -0.15) is 0 Å². The normalized spacial score (nSPS) is 26.6. The average molecular weight is 385 g/mol. The molecule has 5 rings (SSSR count). The second-order valence-electron chi connectivity index (χ2n) is 7.80. The molecule has 7 heteroatoms. The molecule has 1 aliphatic heterocycles. The van der Waals surface area contributed by atoms with E-state index in [-0.39, 0.29) is 23.7 Å². The van der Waals surface area contributed by atoms with Crippen LogP contribution in [0.15, 0.2) is 24.3 Å². The highest BCUT2D eigenvalue weighted by Crippen LogP contribution is 2.47. The number of hydrogen-bond acceptors (Lipinski definition) is 4. The zero-order valence-corrected chi connectivity index (χ0v) is 15.5. The fourth-order valence-electron chi connectivity index (χ4n) is 4.58. The molecule has 3 fully saturated rings. The minimum Gasteiger partial charge on any atom is -0.368 e. The SMILES string of the molecule is NC(=O)[C@H]1[C@H]2CC[C@H](C2)N1C(=O)c1nc(C2CC2)sc1-c1cccc(F)c1. The molecule has 1 aromatic carbocycles. The molecule has 0 spiro atoms. The van der Waals surface area contributed by atoms with E-state index in [0.29, 0.717) is 22.1 Å². The second kappa shape index (κ2) is 6.12. The summed E-state index contributed by atoms with van der Waals surface area (Å²) in [6.45, 7) is 0. The minimum atomic E-state index is -0.553. The van der Waals surface area contributed by atoms with Crippen LogP contribution >= 0.6 is 11.3 Å². The molecule has 0 radical (unpaired) electrons. The van der Waals surface area contributed by atoms with Crippen LogP contribution in [-0.4, -0.2) is 33.8 Å². The molecule has 0 unspecified atom stereocenters.